The first-order valence-electron chi connectivity index (χ1n) is 6.56. The Morgan fingerprint density at radius 3 is 2.71 bits per heavy atom. The van der Waals surface area contributed by atoms with Crippen LogP contribution in [0.4, 0.5) is 0 Å². The Morgan fingerprint density at radius 2 is 2.24 bits per heavy atom. The van der Waals surface area contributed by atoms with Crippen LogP contribution in [0.2, 0.25) is 0 Å². The Balaban J connectivity index is 2.67. The second kappa shape index (κ2) is 5.83. The van der Waals surface area contributed by atoms with Gasteiger partial charge in [-0.1, -0.05) is 13.3 Å². The van der Waals surface area contributed by atoms with Crippen LogP contribution in [0.15, 0.2) is 0 Å². The van der Waals surface area contributed by atoms with Crippen molar-refractivity contribution in [1.82, 2.24) is 4.90 Å². The van der Waals surface area contributed by atoms with Crippen LogP contribution in [-0.4, -0.2) is 42.1 Å². The number of morpholine rings is 1. The summed E-state index contributed by atoms with van der Waals surface area (Å²) >= 11 is 0. The predicted octanol–water partition coefficient (Wildman–Crippen LogP) is 1.39. The molecular formula is C13H26N2O2. The van der Waals surface area contributed by atoms with E-state index in [2.05, 4.69) is 6.92 Å². The molecule has 2 unspecified atom stereocenters. The van der Waals surface area contributed by atoms with E-state index >= 15 is 0 Å². The van der Waals surface area contributed by atoms with Crippen molar-refractivity contribution >= 4 is 5.91 Å². The molecule has 0 bridgehead atoms. The van der Waals surface area contributed by atoms with Gasteiger partial charge >= 0.3 is 0 Å². The van der Waals surface area contributed by atoms with Gasteiger partial charge in [-0.15, -0.1) is 0 Å². The largest absolute Gasteiger partial charge is 0.369 e. The fourth-order valence-corrected chi connectivity index (χ4v) is 2.57. The molecule has 4 heteroatoms. The lowest BCUT2D eigenvalue weighted by molar-refractivity contribution is -0.161. The Labute approximate surface area is 104 Å². The maximum Gasteiger partial charge on any atom is 0.227 e. The minimum atomic E-state index is -0.251. The molecular weight excluding hydrogens is 216 g/mol. The number of nitrogens with two attached hydrogens (primary N) is 1. The van der Waals surface area contributed by atoms with E-state index in [1.807, 2.05) is 25.7 Å². The van der Waals surface area contributed by atoms with Crippen molar-refractivity contribution in [3.8, 4) is 0 Å². The third-order valence-corrected chi connectivity index (χ3v) is 3.15. The number of hydrogen-bond acceptors (Lipinski definition) is 3. The number of rotatable bonds is 4. The Hall–Kier alpha value is -0.610. The van der Waals surface area contributed by atoms with E-state index in [0.717, 1.165) is 12.8 Å². The summed E-state index contributed by atoms with van der Waals surface area (Å²) in [6, 6.07) is 0. The van der Waals surface area contributed by atoms with Gasteiger partial charge in [0.15, 0.2) is 0 Å². The van der Waals surface area contributed by atoms with E-state index in [1.165, 1.54) is 0 Å². The molecule has 1 fully saturated rings. The average Bonchev–Trinajstić information content (AvgIpc) is 2.22. The molecule has 0 aromatic heterocycles. The summed E-state index contributed by atoms with van der Waals surface area (Å²) in [6.07, 6.45) is 1.97. The second-order valence-corrected chi connectivity index (χ2v) is 5.63. The molecule has 1 aliphatic heterocycles. The van der Waals surface area contributed by atoms with Crippen molar-refractivity contribution < 1.29 is 9.53 Å². The van der Waals surface area contributed by atoms with Gasteiger partial charge in [-0.25, -0.2) is 0 Å². The summed E-state index contributed by atoms with van der Waals surface area (Å²) in [5.74, 6) is 0.165. The summed E-state index contributed by atoms with van der Waals surface area (Å²) in [6.45, 7) is 9.94. The molecule has 0 aromatic rings. The van der Waals surface area contributed by atoms with E-state index in [0.29, 0.717) is 19.6 Å². The summed E-state index contributed by atoms with van der Waals surface area (Å²) in [5.41, 5.74) is 5.44. The van der Waals surface area contributed by atoms with E-state index in [-0.39, 0.29) is 23.5 Å². The van der Waals surface area contributed by atoms with E-state index in [4.69, 9.17) is 10.5 Å². The molecule has 2 N–H and O–H groups in total. The smallest absolute Gasteiger partial charge is 0.227 e. The van der Waals surface area contributed by atoms with Crippen LogP contribution >= 0.6 is 0 Å². The number of ether oxygens (including phenoxy) is 1. The van der Waals surface area contributed by atoms with Crippen molar-refractivity contribution in [1.29, 1.82) is 0 Å². The lowest BCUT2D eigenvalue weighted by Crippen LogP contribution is -2.55. The van der Waals surface area contributed by atoms with E-state index in [9.17, 15) is 4.79 Å². The zero-order valence-corrected chi connectivity index (χ0v) is 11.5. The number of carbonyl (C=O) groups excluding carboxylic acids is 1. The number of hydrogen-bond donors (Lipinski definition) is 1. The maximum atomic E-state index is 12.3. The highest BCUT2D eigenvalue weighted by Crippen LogP contribution is 2.22. The van der Waals surface area contributed by atoms with Crippen LogP contribution in [0.1, 0.15) is 40.5 Å². The van der Waals surface area contributed by atoms with Gasteiger partial charge in [0, 0.05) is 19.6 Å². The minimum absolute atomic E-state index is 0.0268. The van der Waals surface area contributed by atoms with Crippen LogP contribution in [0.25, 0.3) is 0 Å². The molecule has 0 radical (unpaired) electrons. The highest BCUT2D eigenvalue weighted by atomic mass is 16.5. The number of amides is 1. The zero-order valence-electron chi connectivity index (χ0n) is 11.5. The first-order valence-corrected chi connectivity index (χ1v) is 6.56. The van der Waals surface area contributed by atoms with Crippen molar-refractivity contribution in [3.05, 3.63) is 0 Å². The highest BCUT2D eigenvalue weighted by Gasteiger charge is 2.35. The molecule has 2 atom stereocenters. The minimum Gasteiger partial charge on any atom is -0.369 e. The summed E-state index contributed by atoms with van der Waals surface area (Å²) < 4.78 is 5.80. The highest BCUT2D eigenvalue weighted by molar-refractivity contribution is 5.79. The maximum absolute atomic E-state index is 12.3. The molecule has 1 aliphatic rings. The quantitative estimate of drug-likeness (QED) is 0.810. The van der Waals surface area contributed by atoms with Crippen LogP contribution in [0.5, 0.6) is 0 Å². The fraction of sp³-hybridized carbons (Fsp3) is 0.923. The molecule has 1 heterocycles. The van der Waals surface area contributed by atoms with Gasteiger partial charge in [0.2, 0.25) is 5.91 Å². The summed E-state index contributed by atoms with van der Waals surface area (Å²) in [4.78, 5) is 14.3. The Morgan fingerprint density at radius 1 is 1.59 bits per heavy atom. The van der Waals surface area contributed by atoms with Gasteiger partial charge in [0.25, 0.3) is 0 Å². The molecule has 1 amide bonds. The number of nitrogens with zero attached hydrogens (tertiary/aromatic N) is 1. The summed E-state index contributed by atoms with van der Waals surface area (Å²) in [5, 5.41) is 0. The molecule has 0 spiro atoms. The van der Waals surface area contributed by atoms with Gasteiger partial charge in [-0.2, -0.15) is 0 Å². The van der Waals surface area contributed by atoms with Crippen molar-refractivity contribution in [3.63, 3.8) is 0 Å². The predicted molar refractivity (Wildman–Crippen MR) is 68.7 cm³/mol. The molecule has 1 saturated heterocycles. The summed E-state index contributed by atoms with van der Waals surface area (Å²) in [7, 11) is 0. The van der Waals surface area contributed by atoms with Gasteiger partial charge in [0.05, 0.1) is 17.6 Å². The number of carbonyl (C=O) groups is 1. The molecule has 1 rings (SSSR count). The fourth-order valence-electron chi connectivity index (χ4n) is 2.57. The zero-order chi connectivity index (χ0) is 13.1. The van der Waals surface area contributed by atoms with Crippen LogP contribution < -0.4 is 5.73 Å². The van der Waals surface area contributed by atoms with E-state index in [1.54, 1.807) is 0 Å². The van der Waals surface area contributed by atoms with Gasteiger partial charge in [-0.05, 0) is 27.2 Å². The van der Waals surface area contributed by atoms with Crippen LogP contribution in [-0.2, 0) is 9.53 Å². The SMILES string of the molecule is CCCC(CN)C(=O)N1CC(C)OC(C)(C)C1. The normalized spacial score (nSPS) is 25.7. The third-order valence-electron chi connectivity index (χ3n) is 3.15. The molecule has 0 aromatic carbocycles. The molecule has 100 valence electrons. The molecule has 0 aliphatic carbocycles. The lowest BCUT2D eigenvalue weighted by atomic mass is 9.99. The molecule has 0 saturated carbocycles. The Kier molecular flexibility index (Phi) is 4.95. The van der Waals surface area contributed by atoms with Gasteiger partial charge in [-0.3, -0.25) is 4.79 Å². The molecule has 17 heavy (non-hydrogen) atoms. The van der Waals surface area contributed by atoms with Crippen molar-refractivity contribution in [2.24, 2.45) is 11.7 Å². The molecule has 4 nitrogen and oxygen atoms in total. The van der Waals surface area contributed by atoms with E-state index < -0.39 is 0 Å². The first kappa shape index (κ1) is 14.5. The monoisotopic (exact) mass is 242 g/mol. The van der Waals surface area contributed by atoms with Crippen molar-refractivity contribution in [2.75, 3.05) is 19.6 Å². The van der Waals surface area contributed by atoms with Gasteiger partial charge in [0.1, 0.15) is 0 Å². The lowest BCUT2D eigenvalue weighted by Gasteiger charge is -2.42. The standard InChI is InChI=1S/C13H26N2O2/c1-5-6-11(7-14)12(16)15-8-10(2)17-13(3,4)9-15/h10-11H,5-9,14H2,1-4H3. The average molecular weight is 242 g/mol. The Bertz CT molecular complexity index is 266. The van der Waals surface area contributed by atoms with Gasteiger partial charge < -0.3 is 15.4 Å². The first-order chi connectivity index (χ1) is 7.89. The van der Waals surface area contributed by atoms with Crippen LogP contribution in [0, 0.1) is 5.92 Å². The third kappa shape index (κ3) is 3.96. The topological polar surface area (TPSA) is 55.6 Å². The second-order valence-electron chi connectivity index (χ2n) is 5.63. The van der Waals surface area contributed by atoms with Crippen LogP contribution in [0.3, 0.4) is 0 Å². The van der Waals surface area contributed by atoms with Crippen molar-refractivity contribution in [2.45, 2.75) is 52.2 Å².